The highest BCUT2D eigenvalue weighted by molar-refractivity contribution is 5.88. The summed E-state index contributed by atoms with van der Waals surface area (Å²) in [7, 11) is 1.34. The maximum atomic E-state index is 11.7. The minimum atomic E-state index is -0.447. The summed E-state index contributed by atoms with van der Waals surface area (Å²) in [6, 6.07) is 8.79. The molecular formula is C13H10N4O2. The number of hydrogen-bond acceptors (Lipinski definition) is 5. The van der Waals surface area contributed by atoms with Crippen LogP contribution in [0.4, 0.5) is 0 Å². The number of ether oxygens (including phenoxy) is 1. The second-order valence-corrected chi connectivity index (χ2v) is 3.84. The number of hydrogen-bond donors (Lipinski definition) is 0. The van der Waals surface area contributed by atoms with Gasteiger partial charge in [-0.05, 0) is 24.3 Å². The average molecular weight is 254 g/mol. The lowest BCUT2D eigenvalue weighted by atomic mass is 10.3. The molecular weight excluding hydrogens is 244 g/mol. The van der Waals surface area contributed by atoms with E-state index in [4.69, 9.17) is 4.74 Å². The normalized spacial score (nSPS) is 10.6. The van der Waals surface area contributed by atoms with Crippen molar-refractivity contribution in [2.24, 2.45) is 0 Å². The topological polar surface area (TPSA) is 69.4 Å². The fraction of sp³-hybridized carbons (Fsp3) is 0.0769. The van der Waals surface area contributed by atoms with E-state index in [2.05, 4.69) is 15.1 Å². The number of nitrogens with zero attached hydrogens (tertiary/aromatic N) is 4. The highest BCUT2D eigenvalue weighted by atomic mass is 16.5. The van der Waals surface area contributed by atoms with E-state index in [1.54, 1.807) is 30.6 Å². The fourth-order valence-corrected chi connectivity index (χ4v) is 1.79. The molecule has 0 aliphatic carbocycles. The van der Waals surface area contributed by atoms with Gasteiger partial charge in [0.25, 0.3) is 0 Å². The molecule has 6 nitrogen and oxygen atoms in total. The molecule has 0 saturated heterocycles. The van der Waals surface area contributed by atoms with Crippen LogP contribution in [0.15, 0.2) is 42.7 Å². The van der Waals surface area contributed by atoms with E-state index in [1.165, 1.54) is 11.6 Å². The van der Waals surface area contributed by atoms with Crippen molar-refractivity contribution in [3.63, 3.8) is 0 Å². The summed E-state index contributed by atoms with van der Waals surface area (Å²) in [5, 5.41) is 4.33. The molecule has 3 aromatic rings. The minimum Gasteiger partial charge on any atom is -0.464 e. The lowest BCUT2D eigenvalue weighted by molar-refractivity contribution is 0.0591. The molecule has 3 heterocycles. The molecule has 0 fully saturated rings. The molecule has 0 saturated carbocycles. The first-order valence-electron chi connectivity index (χ1n) is 5.64. The van der Waals surface area contributed by atoms with Gasteiger partial charge in [0.05, 0.1) is 7.11 Å². The molecule has 0 atom stereocenters. The van der Waals surface area contributed by atoms with Gasteiger partial charge in [0.15, 0.2) is 17.2 Å². The Hall–Kier alpha value is -2.76. The summed E-state index contributed by atoms with van der Waals surface area (Å²) in [5.41, 5.74) is 1.78. The lowest BCUT2D eigenvalue weighted by Crippen LogP contribution is -2.08. The van der Waals surface area contributed by atoms with Crippen LogP contribution in [0.3, 0.4) is 0 Å². The van der Waals surface area contributed by atoms with Crippen LogP contribution in [0.2, 0.25) is 0 Å². The number of fused-ring (bicyclic) bond motifs is 1. The van der Waals surface area contributed by atoms with Gasteiger partial charge in [-0.2, -0.15) is 0 Å². The maximum absolute atomic E-state index is 11.7. The first-order valence-corrected chi connectivity index (χ1v) is 5.64. The molecule has 0 amide bonds. The summed E-state index contributed by atoms with van der Waals surface area (Å²) in [6.07, 6.45) is 3.34. The van der Waals surface area contributed by atoms with Crippen LogP contribution in [0.25, 0.3) is 17.0 Å². The van der Waals surface area contributed by atoms with Gasteiger partial charge in [0, 0.05) is 18.0 Å². The Labute approximate surface area is 108 Å². The molecule has 0 aromatic carbocycles. The zero-order valence-corrected chi connectivity index (χ0v) is 10.1. The summed E-state index contributed by atoms with van der Waals surface area (Å²) in [5.74, 6) is 0.0931. The molecule has 6 heteroatoms. The van der Waals surface area contributed by atoms with Crippen LogP contribution in [-0.4, -0.2) is 32.7 Å². The Morgan fingerprint density at radius 1 is 1.21 bits per heavy atom. The van der Waals surface area contributed by atoms with Crippen molar-refractivity contribution in [2.75, 3.05) is 7.11 Å². The lowest BCUT2D eigenvalue weighted by Gasteiger charge is -2.00. The number of methoxy groups -OCH3 is 1. The third-order valence-electron chi connectivity index (χ3n) is 2.69. The highest BCUT2D eigenvalue weighted by Crippen LogP contribution is 2.16. The van der Waals surface area contributed by atoms with Gasteiger partial charge >= 0.3 is 5.97 Å². The minimum absolute atomic E-state index is 0.341. The van der Waals surface area contributed by atoms with Gasteiger partial charge in [-0.3, -0.25) is 4.98 Å². The fourth-order valence-electron chi connectivity index (χ4n) is 1.79. The monoisotopic (exact) mass is 254 g/mol. The molecule has 19 heavy (non-hydrogen) atoms. The van der Waals surface area contributed by atoms with Crippen LogP contribution in [0, 0.1) is 0 Å². The van der Waals surface area contributed by atoms with E-state index >= 15 is 0 Å². The molecule has 0 radical (unpaired) electrons. The largest absolute Gasteiger partial charge is 0.464 e. The summed E-state index contributed by atoms with van der Waals surface area (Å²) in [6.45, 7) is 0. The average Bonchev–Trinajstić information content (AvgIpc) is 2.91. The predicted octanol–water partition coefficient (Wildman–Crippen LogP) is 1.58. The van der Waals surface area contributed by atoms with E-state index in [0.29, 0.717) is 17.2 Å². The number of carbonyl (C=O) groups is 1. The number of pyridine rings is 2. The van der Waals surface area contributed by atoms with Gasteiger partial charge in [0.1, 0.15) is 0 Å². The summed E-state index contributed by atoms with van der Waals surface area (Å²) in [4.78, 5) is 20.0. The van der Waals surface area contributed by atoms with Crippen LogP contribution >= 0.6 is 0 Å². The van der Waals surface area contributed by atoms with Gasteiger partial charge in [0.2, 0.25) is 0 Å². The predicted molar refractivity (Wildman–Crippen MR) is 67.6 cm³/mol. The number of carbonyl (C=O) groups excluding carboxylic acids is 1. The van der Waals surface area contributed by atoms with Gasteiger partial charge in [-0.1, -0.05) is 6.07 Å². The van der Waals surface area contributed by atoms with E-state index in [0.717, 1.165) is 5.56 Å². The Balaban J connectivity index is 2.19. The van der Waals surface area contributed by atoms with Crippen LogP contribution in [0.1, 0.15) is 10.5 Å². The molecule has 3 aromatic heterocycles. The van der Waals surface area contributed by atoms with Crippen molar-refractivity contribution in [1.29, 1.82) is 0 Å². The molecule has 0 unspecified atom stereocenters. The smallest absolute Gasteiger partial charge is 0.356 e. The van der Waals surface area contributed by atoms with E-state index in [-0.39, 0.29) is 0 Å². The summed E-state index contributed by atoms with van der Waals surface area (Å²) >= 11 is 0. The van der Waals surface area contributed by atoms with Crippen LogP contribution < -0.4 is 0 Å². The SMILES string of the molecule is COC(=O)c1cccc2nc(-c3ccncc3)nn12. The maximum Gasteiger partial charge on any atom is 0.356 e. The zero-order chi connectivity index (χ0) is 13.2. The second kappa shape index (κ2) is 4.49. The van der Waals surface area contributed by atoms with Crippen molar-refractivity contribution in [3.8, 4) is 11.4 Å². The van der Waals surface area contributed by atoms with Crippen molar-refractivity contribution in [3.05, 3.63) is 48.4 Å². The quantitative estimate of drug-likeness (QED) is 0.649. The Kier molecular flexibility index (Phi) is 2.68. The van der Waals surface area contributed by atoms with Crippen molar-refractivity contribution in [1.82, 2.24) is 19.6 Å². The van der Waals surface area contributed by atoms with Crippen molar-refractivity contribution >= 4 is 11.6 Å². The Morgan fingerprint density at radius 3 is 2.74 bits per heavy atom. The van der Waals surface area contributed by atoms with E-state index in [9.17, 15) is 4.79 Å². The number of esters is 1. The molecule has 0 spiro atoms. The summed E-state index contributed by atoms with van der Waals surface area (Å²) < 4.78 is 6.20. The zero-order valence-electron chi connectivity index (χ0n) is 10.1. The third-order valence-corrected chi connectivity index (χ3v) is 2.69. The highest BCUT2D eigenvalue weighted by Gasteiger charge is 2.14. The molecule has 3 rings (SSSR count). The van der Waals surface area contributed by atoms with Crippen LogP contribution in [0.5, 0.6) is 0 Å². The molecule has 0 bridgehead atoms. The standard InChI is InChI=1S/C13H10N4O2/c1-19-13(18)10-3-2-4-11-15-12(16-17(10)11)9-5-7-14-8-6-9/h2-8H,1H3. The Morgan fingerprint density at radius 2 is 2.00 bits per heavy atom. The van der Waals surface area contributed by atoms with Crippen LogP contribution in [-0.2, 0) is 4.74 Å². The van der Waals surface area contributed by atoms with E-state index < -0.39 is 5.97 Å². The van der Waals surface area contributed by atoms with Gasteiger partial charge in [-0.15, -0.1) is 5.10 Å². The van der Waals surface area contributed by atoms with Gasteiger partial charge < -0.3 is 4.74 Å². The van der Waals surface area contributed by atoms with Crippen molar-refractivity contribution < 1.29 is 9.53 Å². The molecule has 0 aliphatic heterocycles. The number of aromatic nitrogens is 4. The second-order valence-electron chi connectivity index (χ2n) is 3.84. The molecule has 94 valence electrons. The van der Waals surface area contributed by atoms with E-state index in [1.807, 2.05) is 12.1 Å². The molecule has 0 N–H and O–H groups in total. The molecule has 0 aliphatic rings. The third kappa shape index (κ3) is 1.93. The number of rotatable bonds is 2. The first kappa shape index (κ1) is 11.3. The first-order chi connectivity index (χ1) is 9.29. The van der Waals surface area contributed by atoms with Gasteiger partial charge in [-0.25, -0.2) is 14.3 Å². The Bertz CT molecular complexity index is 737. The van der Waals surface area contributed by atoms with Crippen molar-refractivity contribution in [2.45, 2.75) is 0 Å².